The molecule has 4 unspecified atom stereocenters. The van der Waals surface area contributed by atoms with Gasteiger partial charge in [-0.05, 0) is 35.4 Å². The van der Waals surface area contributed by atoms with Crippen molar-refractivity contribution < 1.29 is 23.0 Å². The van der Waals surface area contributed by atoms with Crippen molar-refractivity contribution in [2.75, 3.05) is 10.5 Å². The lowest BCUT2D eigenvalue weighted by Gasteiger charge is -2.41. The van der Waals surface area contributed by atoms with Crippen molar-refractivity contribution in [3.8, 4) is 0 Å². The van der Waals surface area contributed by atoms with E-state index >= 15 is 0 Å². The first-order chi connectivity index (χ1) is 18.8. The summed E-state index contributed by atoms with van der Waals surface area (Å²) in [6.07, 6.45) is 0.450. The third-order valence-corrected chi connectivity index (χ3v) is 9.15. The van der Waals surface area contributed by atoms with Crippen molar-refractivity contribution in [1.29, 1.82) is 0 Å². The van der Waals surface area contributed by atoms with E-state index < -0.39 is 16.3 Å². The van der Waals surface area contributed by atoms with E-state index in [0.29, 0.717) is 17.0 Å². The number of aliphatic hydroxyl groups excluding tert-OH is 1. The highest BCUT2D eigenvalue weighted by Crippen LogP contribution is 2.43. The average molecular weight is 567 g/mol. The molecule has 39 heavy (non-hydrogen) atoms. The standard InChI is InChI=1S/C28H30N4O5S2/c1-19-25(17-38-28-30-29-18-32(28)2)36-27(37-26(19)21-13-11-20(16-33)12-14-21)22-7-6-8-23(15-22)31-39(34,35)24-9-4-3-5-10-24/h3-15,18-19,25-27,31,33H,16-17H2,1-2H3. The van der Waals surface area contributed by atoms with Gasteiger partial charge in [-0.3, -0.25) is 4.72 Å². The Labute approximate surface area is 232 Å². The summed E-state index contributed by atoms with van der Waals surface area (Å²) < 4.78 is 43.3. The second-order valence-corrected chi connectivity index (χ2v) is 12.1. The number of hydrogen-bond acceptors (Lipinski definition) is 8. The molecule has 0 spiro atoms. The van der Waals surface area contributed by atoms with Gasteiger partial charge in [-0.2, -0.15) is 0 Å². The van der Waals surface area contributed by atoms with E-state index in [9.17, 15) is 13.5 Å². The smallest absolute Gasteiger partial charge is 0.261 e. The van der Waals surface area contributed by atoms with Crippen LogP contribution in [0.5, 0.6) is 0 Å². The van der Waals surface area contributed by atoms with E-state index in [-0.39, 0.29) is 29.6 Å². The molecule has 2 N–H and O–H groups in total. The number of benzene rings is 3. The molecule has 3 aromatic carbocycles. The summed E-state index contributed by atoms with van der Waals surface area (Å²) in [4.78, 5) is 0.182. The molecule has 0 radical (unpaired) electrons. The SMILES string of the molecule is CC1C(CSc2nncn2C)OC(c2cccc(NS(=O)(=O)c3ccccc3)c2)OC1c1ccc(CO)cc1. The maximum absolute atomic E-state index is 12.9. The maximum atomic E-state index is 12.9. The highest BCUT2D eigenvalue weighted by molar-refractivity contribution is 7.99. The lowest BCUT2D eigenvalue weighted by atomic mass is 9.91. The summed E-state index contributed by atoms with van der Waals surface area (Å²) in [5.74, 6) is 0.626. The molecule has 1 aromatic heterocycles. The molecular weight excluding hydrogens is 536 g/mol. The molecule has 1 saturated heterocycles. The van der Waals surface area contributed by atoms with Gasteiger partial charge in [0.05, 0.1) is 23.7 Å². The van der Waals surface area contributed by atoms with E-state index in [1.807, 2.05) is 41.9 Å². The summed E-state index contributed by atoms with van der Waals surface area (Å²) in [7, 11) is -1.85. The molecule has 1 fully saturated rings. The number of nitrogens with one attached hydrogen (secondary N) is 1. The Bertz CT molecular complexity index is 1500. The van der Waals surface area contributed by atoms with E-state index in [1.54, 1.807) is 66.6 Å². The van der Waals surface area contributed by atoms with Crippen molar-refractivity contribution in [2.45, 2.75) is 42.1 Å². The lowest BCUT2D eigenvalue weighted by molar-refractivity contribution is -0.268. The molecule has 5 rings (SSSR count). The normalized spacial score (nSPS) is 21.5. The summed E-state index contributed by atoms with van der Waals surface area (Å²) in [5.41, 5.74) is 2.90. The Morgan fingerprint density at radius 2 is 1.77 bits per heavy atom. The molecule has 2 heterocycles. The van der Waals surface area contributed by atoms with E-state index in [1.165, 1.54) is 0 Å². The number of ether oxygens (including phenoxy) is 2. The van der Waals surface area contributed by atoms with Gasteiger partial charge < -0.3 is 19.1 Å². The quantitative estimate of drug-likeness (QED) is 0.280. The third kappa shape index (κ3) is 6.34. The number of sulfonamides is 1. The second-order valence-electron chi connectivity index (χ2n) is 9.40. The summed E-state index contributed by atoms with van der Waals surface area (Å²) in [5, 5.41) is 18.4. The first-order valence-electron chi connectivity index (χ1n) is 12.5. The molecule has 1 aliphatic heterocycles. The molecule has 0 saturated carbocycles. The monoisotopic (exact) mass is 566 g/mol. The summed E-state index contributed by atoms with van der Waals surface area (Å²) in [6, 6.07) is 23.0. The highest BCUT2D eigenvalue weighted by atomic mass is 32.2. The van der Waals surface area contributed by atoms with Crippen LogP contribution >= 0.6 is 11.8 Å². The molecule has 1 aliphatic rings. The number of aryl methyl sites for hydroxylation is 1. The van der Waals surface area contributed by atoms with Crippen LogP contribution in [0.3, 0.4) is 0 Å². The number of aliphatic hydroxyl groups is 1. The van der Waals surface area contributed by atoms with Crippen LogP contribution in [0.25, 0.3) is 0 Å². The Hall–Kier alpha value is -3.22. The molecule has 11 heteroatoms. The summed E-state index contributed by atoms with van der Waals surface area (Å²) >= 11 is 1.56. The average Bonchev–Trinajstić information content (AvgIpc) is 3.37. The number of hydrogen-bond donors (Lipinski definition) is 2. The van der Waals surface area contributed by atoms with Gasteiger partial charge in [0.1, 0.15) is 6.33 Å². The van der Waals surface area contributed by atoms with Crippen molar-refractivity contribution in [1.82, 2.24) is 14.8 Å². The first-order valence-corrected chi connectivity index (χ1v) is 15.0. The van der Waals surface area contributed by atoms with Gasteiger partial charge in [0.15, 0.2) is 11.4 Å². The van der Waals surface area contributed by atoms with Crippen molar-refractivity contribution >= 4 is 27.5 Å². The third-order valence-electron chi connectivity index (χ3n) is 6.63. The molecule has 0 aliphatic carbocycles. The lowest BCUT2D eigenvalue weighted by Crippen LogP contribution is -2.38. The fourth-order valence-electron chi connectivity index (χ4n) is 4.43. The largest absolute Gasteiger partial charge is 0.392 e. The highest BCUT2D eigenvalue weighted by Gasteiger charge is 2.38. The van der Waals surface area contributed by atoms with Gasteiger partial charge in [-0.25, -0.2) is 8.42 Å². The van der Waals surface area contributed by atoms with Gasteiger partial charge in [-0.15, -0.1) is 10.2 Å². The second kappa shape index (κ2) is 11.9. The molecular formula is C28H30N4O5S2. The molecule has 4 aromatic rings. The van der Waals surface area contributed by atoms with Crippen LogP contribution in [0, 0.1) is 5.92 Å². The van der Waals surface area contributed by atoms with Crippen LogP contribution in [0.4, 0.5) is 5.69 Å². The molecule has 4 atom stereocenters. The van der Waals surface area contributed by atoms with Crippen LogP contribution in [0.15, 0.2) is 95.2 Å². The van der Waals surface area contributed by atoms with Crippen LogP contribution in [0.2, 0.25) is 0 Å². The van der Waals surface area contributed by atoms with Gasteiger partial charge in [0.2, 0.25) is 0 Å². The number of aromatic nitrogens is 3. The van der Waals surface area contributed by atoms with Crippen molar-refractivity contribution in [3.63, 3.8) is 0 Å². The zero-order valence-corrected chi connectivity index (χ0v) is 23.2. The number of thioether (sulfide) groups is 1. The van der Waals surface area contributed by atoms with Gasteiger partial charge >= 0.3 is 0 Å². The van der Waals surface area contributed by atoms with Crippen LogP contribution < -0.4 is 4.72 Å². The topological polar surface area (TPSA) is 116 Å². The summed E-state index contributed by atoms with van der Waals surface area (Å²) in [6.45, 7) is 2.06. The van der Waals surface area contributed by atoms with Gasteiger partial charge in [-0.1, -0.05) is 73.3 Å². The zero-order valence-electron chi connectivity index (χ0n) is 21.5. The van der Waals surface area contributed by atoms with Crippen LogP contribution in [-0.4, -0.2) is 40.1 Å². The van der Waals surface area contributed by atoms with Gasteiger partial charge in [0.25, 0.3) is 10.0 Å². The maximum Gasteiger partial charge on any atom is 0.261 e. The molecule has 0 amide bonds. The Balaban J connectivity index is 1.41. The number of nitrogens with zero attached hydrogens (tertiary/aromatic N) is 3. The molecule has 0 bridgehead atoms. The predicted molar refractivity (Wildman–Crippen MR) is 148 cm³/mol. The van der Waals surface area contributed by atoms with E-state index in [2.05, 4.69) is 21.8 Å². The Kier molecular flexibility index (Phi) is 8.34. The molecule has 9 nitrogen and oxygen atoms in total. The minimum absolute atomic E-state index is 0.00159. The number of anilines is 1. The Morgan fingerprint density at radius 3 is 2.46 bits per heavy atom. The van der Waals surface area contributed by atoms with Crippen molar-refractivity contribution in [3.05, 3.63) is 102 Å². The fraction of sp³-hybridized carbons (Fsp3) is 0.286. The van der Waals surface area contributed by atoms with Crippen LogP contribution in [-0.2, 0) is 33.2 Å². The van der Waals surface area contributed by atoms with Crippen LogP contribution in [0.1, 0.15) is 36.0 Å². The van der Waals surface area contributed by atoms with E-state index in [0.717, 1.165) is 16.3 Å². The first kappa shape index (κ1) is 27.4. The minimum atomic E-state index is -3.75. The Morgan fingerprint density at radius 1 is 1.00 bits per heavy atom. The van der Waals surface area contributed by atoms with Gasteiger partial charge in [0, 0.05) is 30.0 Å². The fourth-order valence-corrected chi connectivity index (χ4v) is 6.55. The number of rotatable bonds is 9. The van der Waals surface area contributed by atoms with Crippen molar-refractivity contribution in [2.24, 2.45) is 13.0 Å². The van der Waals surface area contributed by atoms with E-state index in [4.69, 9.17) is 9.47 Å². The zero-order chi connectivity index (χ0) is 27.4. The minimum Gasteiger partial charge on any atom is -0.392 e. The predicted octanol–water partition coefficient (Wildman–Crippen LogP) is 4.69. The molecule has 204 valence electrons.